The van der Waals surface area contributed by atoms with E-state index in [-0.39, 0.29) is 12.5 Å². The van der Waals surface area contributed by atoms with Crippen molar-refractivity contribution >= 4 is 21.6 Å². The van der Waals surface area contributed by atoms with Crippen LogP contribution < -0.4 is 0 Å². The van der Waals surface area contributed by atoms with Crippen LogP contribution in [0.5, 0.6) is 0 Å². The number of thiazole rings is 1. The first kappa shape index (κ1) is 10.6. The summed E-state index contributed by atoms with van der Waals surface area (Å²) in [5, 5.41) is 10.3. The first-order valence-corrected chi connectivity index (χ1v) is 6.04. The smallest absolute Gasteiger partial charge is 0.0907 e. The van der Waals surface area contributed by atoms with Crippen molar-refractivity contribution in [1.82, 2.24) is 4.98 Å². The number of benzene rings is 1. The normalized spacial score (nSPS) is 13.3. The minimum Gasteiger partial charge on any atom is -0.396 e. The molecule has 1 atom stereocenters. The first-order valence-electron chi connectivity index (χ1n) is 5.22. The largest absolute Gasteiger partial charge is 0.396 e. The number of hydrogen-bond acceptors (Lipinski definition) is 3. The summed E-state index contributed by atoms with van der Waals surface area (Å²) in [5.41, 5.74) is 2.28. The van der Waals surface area contributed by atoms with Crippen LogP contribution in [0.15, 0.2) is 18.2 Å². The number of aliphatic hydroxyl groups excluding tert-OH is 1. The summed E-state index contributed by atoms with van der Waals surface area (Å²) >= 11 is 1.71. The molecule has 0 aliphatic carbocycles. The molecule has 0 amide bonds. The fourth-order valence-electron chi connectivity index (χ4n) is 1.78. The molecular weight excluding hydrogens is 206 g/mol. The molecule has 0 spiro atoms. The van der Waals surface area contributed by atoms with E-state index in [4.69, 9.17) is 0 Å². The molecule has 2 rings (SSSR count). The van der Waals surface area contributed by atoms with Crippen molar-refractivity contribution in [2.45, 2.75) is 26.2 Å². The Bertz CT molecular complexity index is 460. The molecule has 0 fully saturated rings. The van der Waals surface area contributed by atoms with E-state index < -0.39 is 0 Å². The molecule has 0 saturated heterocycles. The lowest BCUT2D eigenvalue weighted by Gasteiger charge is -2.11. The highest BCUT2D eigenvalue weighted by Crippen LogP contribution is 2.27. The van der Waals surface area contributed by atoms with Gasteiger partial charge in [-0.1, -0.05) is 13.0 Å². The van der Waals surface area contributed by atoms with Crippen molar-refractivity contribution in [2.75, 3.05) is 6.61 Å². The maximum atomic E-state index is 9.24. The molecule has 1 heterocycles. The predicted molar refractivity (Wildman–Crippen MR) is 64.5 cm³/mol. The maximum Gasteiger partial charge on any atom is 0.0907 e. The van der Waals surface area contributed by atoms with Crippen molar-refractivity contribution in [2.24, 2.45) is 0 Å². The number of hydrogen-bond donors (Lipinski definition) is 1. The zero-order chi connectivity index (χ0) is 10.8. The molecule has 1 unspecified atom stereocenters. The standard InChI is InChI=1S/C12H15NOS/c1-3-9(7-14)10-4-5-11-12(6-10)15-8(2)13-11/h4-6,9,14H,3,7H2,1-2H3. The molecule has 1 aromatic carbocycles. The highest BCUT2D eigenvalue weighted by Gasteiger charge is 2.09. The quantitative estimate of drug-likeness (QED) is 0.864. The number of aliphatic hydroxyl groups is 1. The van der Waals surface area contributed by atoms with Crippen LogP contribution in [0.4, 0.5) is 0 Å². The van der Waals surface area contributed by atoms with E-state index in [1.165, 1.54) is 10.3 Å². The SMILES string of the molecule is CCC(CO)c1ccc2nc(C)sc2c1. The van der Waals surface area contributed by atoms with Crippen LogP contribution in [0, 0.1) is 6.92 Å². The Balaban J connectivity index is 2.45. The lowest BCUT2D eigenvalue weighted by atomic mass is 9.97. The number of aromatic nitrogens is 1. The van der Waals surface area contributed by atoms with E-state index in [0.29, 0.717) is 0 Å². The third-order valence-electron chi connectivity index (χ3n) is 2.70. The third-order valence-corrected chi connectivity index (χ3v) is 3.64. The molecular formula is C12H15NOS. The Morgan fingerprint density at radius 2 is 2.27 bits per heavy atom. The van der Waals surface area contributed by atoms with Crippen LogP contribution in [0.2, 0.25) is 0 Å². The number of aryl methyl sites for hydroxylation is 1. The number of rotatable bonds is 3. The van der Waals surface area contributed by atoms with Gasteiger partial charge in [0.2, 0.25) is 0 Å². The van der Waals surface area contributed by atoms with Crippen LogP contribution in [-0.2, 0) is 0 Å². The molecule has 1 aromatic heterocycles. The van der Waals surface area contributed by atoms with Gasteiger partial charge in [-0.25, -0.2) is 4.98 Å². The number of nitrogens with zero attached hydrogens (tertiary/aromatic N) is 1. The van der Waals surface area contributed by atoms with Crippen molar-refractivity contribution in [3.63, 3.8) is 0 Å². The van der Waals surface area contributed by atoms with Crippen LogP contribution in [0.25, 0.3) is 10.2 Å². The van der Waals surface area contributed by atoms with E-state index in [2.05, 4.69) is 24.0 Å². The predicted octanol–water partition coefficient (Wildman–Crippen LogP) is 3.09. The van der Waals surface area contributed by atoms with E-state index in [9.17, 15) is 5.11 Å². The summed E-state index contributed by atoms with van der Waals surface area (Å²) in [7, 11) is 0. The minimum absolute atomic E-state index is 0.222. The Morgan fingerprint density at radius 1 is 1.47 bits per heavy atom. The first-order chi connectivity index (χ1) is 7.24. The van der Waals surface area contributed by atoms with Gasteiger partial charge in [0.15, 0.2) is 0 Å². The summed E-state index contributed by atoms with van der Waals surface area (Å²) in [4.78, 5) is 4.42. The highest BCUT2D eigenvalue weighted by atomic mass is 32.1. The average Bonchev–Trinajstić information content (AvgIpc) is 2.59. The van der Waals surface area contributed by atoms with E-state index >= 15 is 0 Å². The molecule has 0 saturated carbocycles. The zero-order valence-electron chi connectivity index (χ0n) is 9.03. The van der Waals surface area contributed by atoms with Gasteiger partial charge in [0.25, 0.3) is 0 Å². The van der Waals surface area contributed by atoms with Crippen molar-refractivity contribution in [1.29, 1.82) is 0 Å². The van der Waals surface area contributed by atoms with E-state index in [1.54, 1.807) is 11.3 Å². The minimum atomic E-state index is 0.222. The van der Waals surface area contributed by atoms with Gasteiger partial charge in [-0.2, -0.15) is 0 Å². The van der Waals surface area contributed by atoms with Gasteiger partial charge >= 0.3 is 0 Å². The molecule has 0 aliphatic heterocycles. The molecule has 0 radical (unpaired) electrons. The molecule has 80 valence electrons. The van der Waals surface area contributed by atoms with Crippen LogP contribution >= 0.6 is 11.3 Å². The van der Waals surface area contributed by atoms with Gasteiger partial charge < -0.3 is 5.11 Å². The van der Waals surface area contributed by atoms with Gasteiger partial charge in [-0.15, -0.1) is 11.3 Å². The van der Waals surface area contributed by atoms with Crippen molar-refractivity contribution in [3.05, 3.63) is 28.8 Å². The average molecular weight is 221 g/mol. The van der Waals surface area contributed by atoms with Gasteiger partial charge in [0.1, 0.15) is 0 Å². The monoisotopic (exact) mass is 221 g/mol. The van der Waals surface area contributed by atoms with Gasteiger partial charge in [-0.3, -0.25) is 0 Å². The second kappa shape index (κ2) is 4.29. The second-order valence-electron chi connectivity index (χ2n) is 3.75. The van der Waals surface area contributed by atoms with Crippen LogP contribution in [0.1, 0.15) is 29.8 Å². The summed E-state index contributed by atoms with van der Waals surface area (Å²) in [6.45, 7) is 4.34. The third kappa shape index (κ3) is 2.03. The Labute approximate surface area is 93.6 Å². The second-order valence-corrected chi connectivity index (χ2v) is 4.98. The molecule has 0 aliphatic rings. The van der Waals surface area contributed by atoms with Crippen molar-refractivity contribution in [3.8, 4) is 0 Å². The number of fused-ring (bicyclic) bond motifs is 1. The van der Waals surface area contributed by atoms with E-state index in [0.717, 1.165) is 16.9 Å². The van der Waals surface area contributed by atoms with Crippen LogP contribution in [-0.4, -0.2) is 16.7 Å². The molecule has 2 nitrogen and oxygen atoms in total. The zero-order valence-corrected chi connectivity index (χ0v) is 9.84. The molecule has 3 heteroatoms. The molecule has 0 bridgehead atoms. The van der Waals surface area contributed by atoms with Crippen molar-refractivity contribution < 1.29 is 5.11 Å². The van der Waals surface area contributed by atoms with Gasteiger partial charge in [-0.05, 0) is 31.0 Å². The Kier molecular flexibility index (Phi) is 3.03. The summed E-state index contributed by atoms with van der Waals surface area (Å²) in [5.74, 6) is 0.261. The molecule has 1 N–H and O–H groups in total. The summed E-state index contributed by atoms with van der Waals surface area (Å²) < 4.78 is 1.22. The fraction of sp³-hybridized carbons (Fsp3) is 0.417. The highest BCUT2D eigenvalue weighted by molar-refractivity contribution is 7.18. The lowest BCUT2D eigenvalue weighted by molar-refractivity contribution is 0.262. The lowest BCUT2D eigenvalue weighted by Crippen LogP contribution is -2.01. The fourth-order valence-corrected chi connectivity index (χ4v) is 2.66. The van der Waals surface area contributed by atoms with Gasteiger partial charge in [0.05, 0.1) is 15.2 Å². The van der Waals surface area contributed by atoms with Crippen LogP contribution in [0.3, 0.4) is 0 Å². The Morgan fingerprint density at radius 3 is 2.93 bits per heavy atom. The topological polar surface area (TPSA) is 33.1 Å². The maximum absolute atomic E-state index is 9.24. The summed E-state index contributed by atoms with van der Waals surface area (Å²) in [6, 6.07) is 6.28. The Hall–Kier alpha value is -0.930. The summed E-state index contributed by atoms with van der Waals surface area (Å²) in [6.07, 6.45) is 0.972. The van der Waals surface area contributed by atoms with E-state index in [1.807, 2.05) is 13.0 Å². The molecule has 2 aromatic rings. The van der Waals surface area contributed by atoms with Gasteiger partial charge in [0, 0.05) is 12.5 Å². The molecule has 15 heavy (non-hydrogen) atoms.